The minimum atomic E-state index is 0.772. The van der Waals surface area contributed by atoms with Crippen LogP contribution in [0.25, 0.3) is 11.3 Å². The molecule has 0 unspecified atom stereocenters. The van der Waals surface area contributed by atoms with Gasteiger partial charge in [-0.2, -0.15) is 0 Å². The molecule has 2 aliphatic rings. The molecular weight excluding hydrogens is 326 g/mol. The van der Waals surface area contributed by atoms with E-state index in [1.807, 2.05) is 0 Å². The van der Waals surface area contributed by atoms with Gasteiger partial charge in [0.25, 0.3) is 0 Å². The molecule has 1 heterocycles. The number of benzene rings is 1. The van der Waals surface area contributed by atoms with Gasteiger partial charge in [-0.25, -0.2) is 0 Å². The fraction of sp³-hybridized carbons (Fsp3) is 0.577. The summed E-state index contributed by atoms with van der Waals surface area (Å²) >= 11 is 0. The Morgan fingerprint density at radius 2 is 1.63 bits per heavy atom. The molecule has 1 nitrogen and oxygen atoms in total. The van der Waals surface area contributed by atoms with Gasteiger partial charge in [0.1, 0.15) is 0 Å². The molecule has 4 rings (SSSR count). The van der Waals surface area contributed by atoms with Gasteiger partial charge in [0.15, 0.2) is 0 Å². The third-order valence-electron chi connectivity index (χ3n) is 7.17. The highest BCUT2D eigenvalue weighted by atomic mass is 14.7. The van der Waals surface area contributed by atoms with Crippen molar-refractivity contribution >= 4 is 0 Å². The van der Waals surface area contributed by atoms with Crippen molar-refractivity contribution in [3.63, 3.8) is 0 Å². The van der Waals surface area contributed by atoms with E-state index in [4.69, 9.17) is 4.98 Å². The standard InChI is InChI=1S/C26H35N/c1-3-5-20-8-16-26-24(18-20)15-17-25(27-26)23-13-11-22(12-14-23)21-9-6-19(4-2)7-10-21/h11-15,17,19-21H,3-10,16,18H2,1-2H3/t19?,20-,21?/m1/s1. The second kappa shape index (κ2) is 8.59. The Labute approximate surface area is 165 Å². The van der Waals surface area contributed by atoms with Crippen molar-refractivity contribution in [2.24, 2.45) is 11.8 Å². The number of pyridine rings is 1. The molecule has 2 aromatic rings. The largest absolute Gasteiger partial charge is 0.253 e. The summed E-state index contributed by atoms with van der Waals surface area (Å²) in [6.07, 6.45) is 13.3. The van der Waals surface area contributed by atoms with Crippen LogP contribution in [0, 0.1) is 11.8 Å². The predicted molar refractivity (Wildman–Crippen MR) is 115 cm³/mol. The highest BCUT2D eigenvalue weighted by molar-refractivity contribution is 5.60. The lowest BCUT2D eigenvalue weighted by Gasteiger charge is -2.28. The Balaban J connectivity index is 1.45. The molecular formula is C26H35N. The first-order valence-electron chi connectivity index (χ1n) is 11.4. The van der Waals surface area contributed by atoms with Crippen LogP contribution in [0.15, 0.2) is 36.4 Å². The number of rotatable bonds is 5. The first-order valence-corrected chi connectivity index (χ1v) is 11.4. The van der Waals surface area contributed by atoms with Crippen molar-refractivity contribution < 1.29 is 0 Å². The van der Waals surface area contributed by atoms with Crippen molar-refractivity contribution in [1.82, 2.24) is 4.98 Å². The summed E-state index contributed by atoms with van der Waals surface area (Å²) in [5.41, 5.74) is 6.81. The number of aryl methyl sites for hydroxylation is 1. The predicted octanol–water partition coefficient (Wildman–Crippen LogP) is 7.34. The molecule has 0 aliphatic heterocycles. The molecule has 0 amide bonds. The molecule has 1 atom stereocenters. The highest BCUT2D eigenvalue weighted by Crippen LogP contribution is 2.37. The van der Waals surface area contributed by atoms with E-state index in [9.17, 15) is 0 Å². The fourth-order valence-electron chi connectivity index (χ4n) is 5.33. The maximum atomic E-state index is 5.04. The van der Waals surface area contributed by atoms with Crippen LogP contribution >= 0.6 is 0 Å². The van der Waals surface area contributed by atoms with Crippen LogP contribution in [0.5, 0.6) is 0 Å². The number of fused-ring (bicyclic) bond motifs is 1. The average Bonchev–Trinajstić information content (AvgIpc) is 2.74. The molecule has 1 fully saturated rings. The zero-order valence-corrected chi connectivity index (χ0v) is 17.2. The van der Waals surface area contributed by atoms with Gasteiger partial charge in [-0.3, -0.25) is 4.98 Å². The maximum Gasteiger partial charge on any atom is 0.0705 e. The molecule has 1 aromatic heterocycles. The minimum absolute atomic E-state index is 0.772. The summed E-state index contributed by atoms with van der Waals surface area (Å²) in [6.45, 7) is 4.64. The van der Waals surface area contributed by atoms with Crippen molar-refractivity contribution in [2.75, 3.05) is 0 Å². The minimum Gasteiger partial charge on any atom is -0.253 e. The van der Waals surface area contributed by atoms with E-state index in [2.05, 4.69) is 50.2 Å². The fourth-order valence-corrected chi connectivity index (χ4v) is 5.33. The second-order valence-electron chi connectivity index (χ2n) is 8.95. The van der Waals surface area contributed by atoms with Crippen LogP contribution in [-0.4, -0.2) is 4.98 Å². The van der Waals surface area contributed by atoms with Crippen molar-refractivity contribution in [3.05, 3.63) is 53.2 Å². The highest BCUT2D eigenvalue weighted by Gasteiger charge is 2.22. The van der Waals surface area contributed by atoms with E-state index in [1.54, 1.807) is 0 Å². The summed E-state index contributed by atoms with van der Waals surface area (Å²) < 4.78 is 0. The molecule has 0 saturated heterocycles. The Morgan fingerprint density at radius 1 is 0.852 bits per heavy atom. The third kappa shape index (κ3) is 4.28. The zero-order valence-electron chi connectivity index (χ0n) is 17.2. The van der Waals surface area contributed by atoms with E-state index in [0.29, 0.717) is 0 Å². The van der Waals surface area contributed by atoms with E-state index in [0.717, 1.165) is 29.9 Å². The number of aromatic nitrogens is 1. The van der Waals surface area contributed by atoms with Crippen molar-refractivity contribution in [3.8, 4) is 11.3 Å². The molecule has 144 valence electrons. The second-order valence-corrected chi connectivity index (χ2v) is 8.95. The van der Waals surface area contributed by atoms with Gasteiger partial charge in [0, 0.05) is 11.3 Å². The average molecular weight is 362 g/mol. The van der Waals surface area contributed by atoms with Crippen molar-refractivity contribution in [1.29, 1.82) is 0 Å². The lowest BCUT2D eigenvalue weighted by molar-refractivity contribution is 0.319. The third-order valence-corrected chi connectivity index (χ3v) is 7.17. The van der Waals surface area contributed by atoms with E-state index >= 15 is 0 Å². The van der Waals surface area contributed by atoms with E-state index < -0.39 is 0 Å². The molecule has 0 spiro atoms. The quantitative estimate of drug-likeness (QED) is 0.543. The van der Waals surface area contributed by atoms with Gasteiger partial charge >= 0.3 is 0 Å². The Hall–Kier alpha value is -1.63. The maximum absolute atomic E-state index is 5.04. The molecule has 0 radical (unpaired) electrons. The van der Waals surface area contributed by atoms with Gasteiger partial charge in [-0.1, -0.05) is 63.4 Å². The molecule has 1 aromatic carbocycles. The summed E-state index contributed by atoms with van der Waals surface area (Å²) in [4.78, 5) is 5.04. The molecule has 1 saturated carbocycles. The van der Waals surface area contributed by atoms with Gasteiger partial charge < -0.3 is 0 Å². The monoisotopic (exact) mass is 361 g/mol. The number of nitrogens with zero attached hydrogens (tertiary/aromatic N) is 1. The van der Waals surface area contributed by atoms with Gasteiger partial charge in [0.2, 0.25) is 0 Å². The van der Waals surface area contributed by atoms with Crippen LogP contribution in [0.2, 0.25) is 0 Å². The van der Waals surface area contributed by atoms with Crippen LogP contribution in [0.4, 0.5) is 0 Å². The lowest BCUT2D eigenvalue weighted by Crippen LogP contribution is -2.15. The Bertz CT molecular complexity index is 737. The smallest absolute Gasteiger partial charge is 0.0705 e. The molecule has 27 heavy (non-hydrogen) atoms. The van der Waals surface area contributed by atoms with Gasteiger partial charge in [-0.05, 0) is 79.9 Å². The van der Waals surface area contributed by atoms with Gasteiger partial charge in [-0.15, -0.1) is 0 Å². The molecule has 1 heteroatoms. The van der Waals surface area contributed by atoms with Gasteiger partial charge in [0.05, 0.1) is 5.69 Å². The molecule has 0 N–H and O–H groups in total. The van der Waals surface area contributed by atoms with E-state index in [1.165, 1.54) is 80.2 Å². The molecule has 2 aliphatic carbocycles. The van der Waals surface area contributed by atoms with Crippen LogP contribution in [0.1, 0.15) is 88.0 Å². The SMILES string of the molecule is CCC[C@@H]1CCc2nc(-c3ccc(C4CCC(CC)CC4)cc3)ccc2C1. The summed E-state index contributed by atoms with van der Waals surface area (Å²) in [6, 6.07) is 13.9. The zero-order chi connectivity index (χ0) is 18.6. The van der Waals surface area contributed by atoms with Crippen LogP contribution in [0.3, 0.4) is 0 Å². The molecule has 0 bridgehead atoms. The Kier molecular flexibility index (Phi) is 5.95. The van der Waals surface area contributed by atoms with Crippen LogP contribution < -0.4 is 0 Å². The Morgan fingerprint density at radius 3 is 2.33 bits per heavy atom. The van der Waals surface area contributed by atoms with Crippen LogP contribution in [-0.2, 0) is 12.8 Å². The summed E-state index contributed by atoms with van der Waals surface area (Å²) in [7, 11) is 0. The number of hydrogen-bond acceptors (Lipinski definition) is 1. The first-order chi connectivity index (χ1) is 13.3. The van der Waals surface area contributed by atoms with Crippen molar-refractivity contribution in [2.45, 2.75) is 84.0 Å². The normalized spacial score (nSPS) is 25.2. The summed E-state index contributed by atoms with van der Waals surface area (Å²) in [5.74, 6) is 2.61. The van der Waals surface area contributed by atoms with E-state index in [-0.39, 0.29) is 0 Å². The number of hydrogen-bond donors (Lipinski definition) is 0. The lowest BCUT2D eigenvalue weighted by atomic mass is 9.78. The summed E-state index contributed by atoms with van der Waals surface area (Å²) in [5, 5.41) is 0. The topological polar surface area (TPSA) is 12.9 Å². The first kappa shape index (κ1) is 18.7.